The zero-order valence-electron chi connectivity index (χ0n) is 13.4. The Bertz CT molecular complexity index is 665. The highest BCUT2D eigenvalue weighted by Crippen LogP contribution is 2.93. The van der Waals surface area contributed by atoms with Gasteiger partial charge in [0.15, 0.2) is 0 Å². The van der Waals surface area contributed by atoms with E-state index in [9.17, 15) is 9.59 Å². The third kappa shape index (κ3) is 0.978. The van der Waals surface area contributed by atoms with E-state index in [1.165, 1.54) is 33.5 Å². The van der Waals surface area contributed by atoms with E-state index in [0.29, 0.717) is 23.0 Å². The summed E-state index contributed by atoms with van der Waals surface area (Å²) in [5.41, 5.74) is 0.910. The fraction of sp³-hybridized carbons (Fsp3) is 0.778. The van der Waals surface area contributed by atoms with Crippen LogP contribution in [0.4, 0.5) is 0 Å². The molecule has 1 saturated heterocycles. The van der Waals surface area contributed by atoms with Crippen molar-refractivity contribution in [2.45, 2.75) is 43.3 Å². The van der Waals surface area contributed by atoms with Gasteiger partial charge in [-0.25, -0.2) is 9.59 Å². The van der Waals surface area contributed by atoms with Crippen LogP contribution in [-0.2, 0) is 23.8 Å². The molecule has 1 aliphatic heterocycles. The number of esters is 2. The molecular formula is C18H20O5. The molecule has 0 aromatic heterocycles. The van der Waals surface area contributed by atoms with Crippen molar-refractivity contribution < 1.29 is 23.8 Å². The molecule has 0 aromatic rings. The fourth-order valence-corrected chi connectivity index (χ4v) is 7.59. The number of epoxide rings is 1. The molecule has 6 aliphatic rings. The highest BCUT2D eigenvalue weighted by Gasteiger charge is 2.99. The van der Waals surface area contributed by atoms with Crippen LogP contribution in [0.1, 0.15) is 32.1 Å². The smallest absolute Gasteiger partial charge is 0.334 e. The second-order valence-electron chi connectivity index (χ2n) is 8.30. The second kappa shape index (κ2) is 3.37. The summed E-state index contributed by atoms with van der Waals surface area (Å²) >= 11 is 0. The van der Waals surface area contributed by atoms with Gasteiger partial charge in [0.25, 0.3) is 0 Å². The molecule has 122 valence electrons. The van der Waals surface area contributed by atoms with Crippen molar-refractivity contribution in [3.63, 3.8) is 0 Å². The molecule has 0 N–H and O–H groups in total. The molecule has 0 radical (unpaired) electrons. The van der Waals surface area contributed by atoms with Gasteiger partial charge in [-0.15, -0.1) is 0 Å². The van der Waals surface area contributed by atoms with E-state index in [-0.39, 0.29) is 40.4 Å². The molecule has 0 unspecified atom stereocenters. The van der Waals surface area contributed by atoms with Crippen molar-refractivity contribution in [2.75, 3.05) is 14.2 Å². The Morgan fingerprint density at radius 3 is 1.83 bits per heavy atom. The van der Waals surface area contributed by atoms with Crippen LogP contribution in [0.15, 0.2) is 11.1 Å². The van der Waals surface area contributed by atoms with Gasteiger partial charge >= 0.3 is 11.9 Å². The first-order chi connectivity index (χ1) is 11.1. The highest BCUT2D eigenvalue weighted by molar-refractivity contribution is 6.04. The number of ether oxygens (including phenoxy) is 3. The predicted molar refractivity (Wildman–Crippen MR) is 77.1 cm³/mol. The van der Waals surface area contributed by atoms with Crippen LogP contribution in [0.2, 0.25) is 0 Å². The van der Waals surface area contributed by atoms with Crippen LogP contribution in [0.25, 0.3) is 0 Å². The molecule has 1 spiro atoms. The summed E-state index contributed by atoms with van der Waals surface area (Å²) in [6, 6.07) is 0. The molecule has 4 saturated carbocycles. The zero-order valence-corrected chi connectivity index (χ0v) is 13.4. The molecular weight excluding hydrogens is 296 g/mol. The van der Waals surface area contributed by atoms with Crippen LogP contribution < -0.4 is 0 Å². The van der Waals surface area contributed by atoms with E-state index < -0.39 is 0 Å². The van der Waals surface area contributed by atoms with Gasteiger partial charge in [-0.1, -0.05) is 0 Å². The maximum atomic E-state index is 12.6. The summed E-state index contributed by atoms with van der Waals surface area (Å²) in [6.45, 7) is 0. The third-order valence-electron chi connectivity index (χ3n) is 8.07. The van der Waals surface area contributed by atoms with Gasteiger partial charge in [-0.2, -0.15) is 0 Å². The average molecular weight is 316 g/mol. The normalized spacial score (nSPS) is 51.7. The Hall–Kier alpha value is -1.36. The average Bonchev–Trinajstić information content (AvgIpc) is 3.34. The number of hydrogen-bond acceptors (Lipinski definition) is 5. The Labute approximate surface area is 134 Å². The number of rotatable bonds is 2. The van der Waals surface area contributed by atoms with Crippen LogP contribution in [-0.4, -0.2) is 37.4 Å². The minimum absolute atomic E-state index is 0.0526. The van der Waals surface area contributed by atoms with Crippen molar-refractivity contribution in [3.05, 3.63) is 11.1 Å². The predicted octanol–water partition coefficient (Wildman–Crippen LogP) is 1.61. The molecule has 5 heteroatoms. The maximum absolute atomic E-state index is 12.6. The van der Waals surface area contributed by atoms with Gasteiger partial charge in [-0.05, 0) is 49.4 Å². The summed E-state index contributed by atoms with van der Waals surface area (Å²) in [6.07, 6.45) is 5.79. The fourth-order valence-electron chi connectivity index (χ4n) is 7.59. The monoisotopic (exact) mass is 316 g/mol. The van der Waals surface area contributed by atoms with Crippen molar-refractivity contribution in [2.24, 2.45) is 29.1 Å². The van der Waals surface area contributed by atoms with Crippen molar-refractivity contribution in [3.8, 4) is 0 Å². The van der Waals surface area contributed by atoms with Gasteiger partial charge in [0.1, 0.15) is 11.2 Å². The lowest BCUT2D eigenvalue weighted by Crippen LogP contribution is -2.42. The molecule has 0 aromatic carbocycles. The molecule has 1 heterocycles. The molecule has 5 aliphatic carbocycles. The van der Waals surface area contributed by atoms with Crippen LogP contribution in [0, 0.1) is 29.1 Å². The van der Waals surface area contributed by atoms with Gasteiger partial charge in [-0.3, -0.25) is 0 Å². The van der Waals surface area contributed by atoms with E-state index in [4.69, 9.17) is 14.2 Å². The Morgan fingerprint density at radius 1 is 0.957 bits per heavy atom. The summed E-state index contributed by atoms with van der Waals surface area (Å²) in [4.78, 5) is 25.1. The van der Waals surface area contributed by atoms with E-state index in [0.717, 1.165) is 12.8 Å². The molecule has 23 heavy (non-hydrogen) atoms. The van der Waals surface area contributed by atoms with Gasteiger partial charge < -0.3 is 14.2 Å². The number of hydrogen-bond donors (Lipinski definition) is 0. The molecule has 6 atom stereocenters. The summed E-state index contributed by atoms with van der Waals surface area (Å²) in [5.74, 6) is 0.502. The lowest BCUT2D eigenvalue weighted by atomic mass is 9.69. The Balaban J connectivity index is 1.61. The third-order valence-corrected chi connectivity index (χ3v) is 8.07. The number of carbonyl (C=O) groups excluding carboxylic acids is 2. The quantitative estimate of drug-likeness (QED) is 0.572. The number of methoxy groups -OCH3 is 2. The van der Waals surface area contributed by atoms with Crippen LogP contribution >= 0.6 is 0 Å². The zero-order chi connectivity index (χ0) is 15.8. The summed E-state index contributed by atoms with van der Waals surface area (Å²) in [7, 11) is 2.80. The Morgan fingerprint density at radius 2 is 1.43 bits per heavy atom. The molecule has 0 amide bonds. The summed E-state index contributed by atoms with van der Waals surface area (Å²) < 4.78 is 16.6. The van der Waals surface area contributed by atoms with Gasteiger partial charge in [0.2, 0.25) is 0 Å². The van der Waals surface area contributed by atoms with Gasteiger partial charge in [0, 0.05) is 11.8 Å². The van der Waals surface area contributed by atoms with E-state index >= 15 is 0 Å². The largest absolute Gasteiger partial charge is 0.466 e. The lowest BCUT2D eigenvalue weighted by Gasteiger charge is -2.29. The van der Waals surface area contributed by atoms with Crippen molar-refractivity contribution >= 4 is 11.9 Å². The number of carbonyl (C=O) groups is 2. The minimum Gasteiger partial charge on any atom is -0.466 e. The van der Waals surface area contributed by atoms with Gasteiger partial charge in [0.05, 0.1) is 25.4 Å². The Kier molecular flexibility index (Phi) is 1.90. The molecule has 5 fully saturated rings. The lowest BCUT2D eigenvalue weighted by molar-refractivity contribution is -0.140. The van der Waals surface area contributed by atoms with Crippen LogP contribution in [0.5, 0.6) is 0 Å². The summed E-state index contributed by atoms with van der Waals surface area (Å²) in [5, 5.41) is 0. The van der Waals surface area contributed by atoms with E-state index in [1.54, 1.807) is 0 Å². The van der Waals surface area contributed by atoms with Crippen molar-refractivity contribution in [1.82, 2.24) is 0 Å². The molecule has 4 bridgehead atoms. The second-order valence-corrected chi connectivity index (χ2v) is 8.30. The van der Waals surface area contributed by atoms with Crippen LogP contribution in [0.3, 0.4) is 0 Å². The highest BCUT2D eigenvalue weighted by atomic mass is 16.6. The minimum atomic E-state index is -0.356. The standard InChI is InChI=1S/C18H20O5/c1-21-14(19)10-11(15(20)22-2)13-16(5-6-16)12(10)17-8-3-4-9(7-8)18(13,17)23-17/h8-9,12-13H,3-7H2,1-2H3/t8-,9-,12-,13-,17-,18+/m0/s1. The maximum Gasteiger partial charge on any atom is 0.334 e. The molecule has 5 nitrogen and oxygen atoms in total. The molecule has 6 rings (SSSR count). The van der Waals surface area contributed by atoms with E-state index in [1.807, 2.05) is 0 Å². The SMILES string of the molecule is COC(=O)C1=C(C(=O)OC)[C@H]2C3(CC3)[C@H]1[C@@]13O[C@@]21[C@H]1CC[C@H]3C1. The first-order valence-corrected chi connectivity index (χ1v) is 8.69. The first kappa shape index (κ1) is 13.0. The topological polar surface area (TPSA) is 65.1 Å². The first-order valence-electron chi connectivity index (χ1n) is 8.69. The van der Waals surface area contributed by atoms with Crippen molar-refractivity contribution in [1.29, 1.82) is 0 Å². The number of fused-ring (bicyclic) bond motifs is 2. The van der Waals surface area contributed by atoms with E-state index in [2.05, 4.69) is 0 Å².